The minimum atomic E-state index is 0.0248. The number of para-hydroxylation sites is 1. The lowest BCUT2D eigenvalue weighted by Crippen LogP contribution is -2.40. The van der Waals surface area contributed by atoms with Crippen LogP contribution in [0.5, 0.6) is 5.75 Å². The van der Waals surface area contributed by atoms with Gasteiger partial charge in [-0.1, -0.05) is 53.2 Å². The van der Waals surface area contributed by atoms with Gasteiger partial charge in [-0.3, -0.25) is 9.69 Å². The van der Waals surface area contributed by atoms with Gasteiger partial charge < -0.3 is 14.6 Å². The minimum Gasteiger partial charge on any atom is -0.496 e. The Hall–Kier alpha value is -3.19. The molecule has 2 aromatic carbocycles. The molecular weight excluding hydrogens is 392 g/mol. The van der Waals surface area contributed by atoms with Crippen LogP contribution in [0.3, 0.4) is 0 Å². The van der Waals surface area contributed by atoms with E-state index in [-0.39, 0.29) is 11.8 Å². The van der Waals surface area contributed by atoms with Crippen LogP contribution in [0.15, 0.2) is 53.1 Å². The van der Waals surface area contributed by atoms with Gasteiger partial charge in [-0.05, 0) is 38.9 Å². The van der Waals surface area contributed by atoms with Crippen molar-refractivity contribution in [3.05, 3.63) is 65.5 Å². The van der Waals surface area contributed by atoms with E-state index < -0.39 is 0 Å². The SMILES string of the molecule is COc1ccccc1CNC(=O)C1CCN(Cc2nc(-c3ccc(C)cc3)no2)CC1. The Balaban J connectivity index is 1.25. The van der Waals surface area contributed by atoms with Gasteiger partial charge in [-0.25, -0.2) is 0 Å². The summed E-state index contributed by atoms with van der Waals surface area (Å²) in [5.41, 5.74) is 3.13. The Morgan fingerprint density at radius 2 is 1.90 bits per heavy atom. The van der Waals surface area contributed by atoms with Crippen LogP contribution in [-0.2, 0) is 17.9 Å². The molecule has 0 spiro atoms. The molecule has 0 aliphatic carbocycles. The largest absolute Gasteiger partial charge is 0.496 e. The first-order valence-corrected chi connectivity index (χ1v) is 10.6. The van der Waals surface area contributed by atoms with E-state index in [1.807, 2.05) is 55.5 Å². The molecule has 0 atom stereocenters. The predicted octanol–water partition coefficient (Wildman–Crippen LogP) is 3.58. The third kappa shape index (κ3) is 5.30. The van der Waals surface area contributed by atoms with Crippen molar-refractivity contribution >= 4 is 5.91 Å². The van der Waals surface area contributed by atoms with Crippen molar-refractivity contribution in [3.63, 3.8) is 0 Å². The molecule has 1 fully saturated rings. The molecule has 0 unspecified atom stereocenters. The molecule has 2 heterocycles. The Morgan fingerprint density at radius 3 is 2.65 bits per heavy atom. The van der Waals surface area contributed by atoms with E-state index in [0.29, 0.717) is 24.8 Å². The predicted molar refractivity (Wildman–Crippen MR) is 117 cm³/mol. The number of carbonyl (C=O) groups is 1. The van der Waals surface area contributed by atoms with Gasteiger partial charge in [-0.15, -0.1) is 0 Å². The zero-order chi connectivity index (χ0) is 21.6. The number of aromatic nitrogens is 2. The third-order valence-electron chi connectivity index (χ3n) is 5.74. The van der Waals surface area contributed by atoms with Crippen LogP contribution in [0.1, 0.15) is 29.9 Å². The average molecular weight is 421 g/mol. The van der Waals surface area contributed by atoms with Gasteiger partial charge in [0.2, 0.25) is 17.6 Å². The summed E-state index contributed by atoms with van der Waals surface area (Å²) < 4.78 is 10.8. The fourth-order valence-corrected chi connectivity index (χ4v) is 3.86. The van der Waals surface area contributed by atoms with E-state index in [2.05, 4.69) is 20.4 Å². The van der Waals surface area contributed by atoms with Gasteiger partial charge in [-0.2, -0.15) is 4.98 Å². The molecule has 1 saturated heterocycles. The highest BCUT2D eigenvalue weighted by Gasteiger charge is 2.26. The zero-order valence-electron chi connectivity index (χ0n) is 18.0. The van der Waals surface area contributed by atoms with E-state index in [9.17, 15) is 4.79 Å². The van der Waals surface area contributed by atoms with Gasteiger partial charge in [0.1, 0.15) is 5.75 Å². The number of carbonyl (C=O) groups excluding carboxylic acids is 1. The number of benzene rings is 2. The van der Waals surface area contributed by atoms with Gasteiger partial charge in [0.15, 0.2) is 0 Å². The summed E-state index contributed by atoms with van der Waals surface area (Å²) in [6, 6.07) is 15.8. The molecule has 31 heavy (non-hydrogen) atoms. The van der Waals surface area contributed by atoms with Crippen LogP contribution in [0.25, 0.3) is 11.4 Å². The monoisotopic (exact) mass is 420 g/mol. The van der Waals surface area contributed by atoms with E-state index in [1.165, 1.54) is 5.56 Å². The molecule has 4 rings (SSSR count). The zero-order valence-corrected chi connectivity index (χ0v) is 18.0. The van der Waals surface area contributed by atoms with Crippen molar-refractivity contribution in [1.29, 1.82) is 0 Å². The molecule has 3 aromatic rings. The number of rotatable bonds is 7. The highest BCUT2D eigenvalue weighted by Crippen LogP contribution is 2.22. The maximum atomic E-state index is 12.6. The summed E-state index contributed by atoms with van der Waals surface area (Å²) in [5, 5.41) is 7.16. The molecule has 7 heteroatoms. The molecule has 1 aromatic heterocycles. The molecule has 0 bridgehead atoms. The van der Waals surface area contributed by atoms with Gasteiger partial charge >= 0.3 is 0 Å². The fourth-order valence-electron chi connectivity index (χ4n) is 3.86. The van der Waals surface area contributed by atoms with Crippen LogP contribution in [0.4, 0.5) is 0 Å². The number of hydrogen-bond donors (Lipinski definition) is 1. The average Bonchev–Trinajstić information content (AvgIpc) is 3.27. The summed E-state index contributed by atoms with van der Waals surface area (Å²) in [6.45, 7) is 4.79. The molecule has 1 aliphatic rings. The highest BCUT2D eigenvalue weighted by molar-refractivity contribution is 5.78. The van der Waals surface area contributed by atoms with Gasteiger partial charge in [0, 0.05) is 23.6 Å². The first kappa shape index (κ1) is 21.1. The number of methoxy groups -OCH3 is 1. The van der Waals surface area contributed by atoms with Crippen LogP contribution in [-0.4, -0.2) is 41.1 Å². The lowest BCUT2D eigenvalue weighted by atomic mass is 9.96. The van der Waals surface area contributed by atoms with Crippen molar-refractivity contribution in [2.24, 2.45) is 5.92 Å². The van der Waals surface area contributed by atoms with Gasteiger partial charge in [0.05, 0.1) is 13.7 Å². The van der Waals surface area contributed by atoms with E-state index in [1.54, 1.807) is 7.11 Å². The Kier molecular flexibility index (Phi) is 6.62. The van der Waals surface area contributed by atoms with Crippen molar-refractivity contribution in [3.8, 4) is 17.1 Å². The smallest absolute Gasteiger partial charge is 0.241 e. The summed E-state index contributed by atoms with van der Waals surface area (Å²) in [4.78, 5) is 19.4. The van der Waals surface area contributed by atoms with E-state index >= 15 is 0 Å². The Bertz CT molecular complexity index is 1010. The maximum absolute atomic E-state index is 12.6. The van der Waals surface area contributed by atoms with Gasteiger partial charge in [0.25, 0.3) is 0 Å². The molecule has 0 saturated carbocycles. The Morgan fingerprint density at radius 1 is 1.16 bits per heavy atom. The van der Waals surface area contributed by atoms with Crippen molar-refractivity contribution < 1.29 is 14.1 Å². The van der Waals surface area contributed by atoms with Crippen LogP contribution in [0, 0.1) is 12.8 Å². The minimum absolute atomic E-state index is 0.0248. The standard InChI is InChI=1S/C24H28N4O3/c1-17-7-9-18(10-8-17)23-26-22(31-27-23)16-28-13-11-19(12-14-28)24(29)25-15-20-5-3-4-6-21(20)30-2/h3-10,19H,11-16H2,1-2H3,(H,25,29). The number of amides is 1. The van der Waals surface area contributed by atoms with Crippen molar-refractivity contribution in [2.75, 3.05) is 20.2 Å². The third-order valence-corrected chi connectivity index (χ3v) is 5.74. The molecule has 1 N–H and O–H groups in total. The van der Waals surface area contributed by atoms with E-state index in [4.69, 9.17) is 9.26 Å². The topological polar surface area (TPSA) is 80.5 Å². The van der Waals surface area contributed by atoms with Crippen LogP contribution in [0.2, 0.25) is 0 Å². The number of likely N-dealkylation sites (tertiary alicyclic amines) is 1. The number of aryl methyl sites for hydroxylation is 1. The lowest BCUT2D eigenvalue weighted by molar-refractivity contribution is -0.126. The highest BCUT2D eigenvalue weighted by atomic mass is 16.5. The normalized spacial score (nSPS) is 15.0. The number of ether oxygens (including phenoxy) is 1. The molecule has 162 valence electrons. The second kappa shape index (κ2) is 9.75. The molecular formula is C24H28N4O3. The maximum Gasteiger partial charge on any atom is 0.241 e. The van der Waals surface area contributed by atoms with Crippen LogP contribution >= 0.6 is 0 Å². The molecule has 0 radical (unpaired) electrons. The first-order valence-electron chi connectivity index (χ1n) is 10.6. The number of nitrogens with one attached hydrogen (secondary N) is 1. The first-order chi connectivity index (χ1) is 15.1. The molecule has 1 aliphatic heterocycles. The Labute approximate surface area is 182 Å². The second-order valence-corrected chi connectivity index (χ2v) is 7.96. The quantitative estimate of drug-likeness (QED) is 0.629. The summed E-state index contributed by atoms with van der Waals surface area (Å²) in [6.07, 6.45) is 1.63. The van der Waals surface area contributed by atoms with Crippen molar-refractivity contribution in [2.45, 2.75) is 32.9 Å². The summed E-state index contributed by atoms with van der Waals surface area (Å²) in [7, 11) is 1.64. The van der Waals surface area contributed by atoms with Crippen molar-refractivity contribution in [1.82, 2.24) is 20.4 Å². The molecule has 1 amide bonds. The lowest BCUT2D eigenvalue weighted by Gasteiger charge is -2.30. The number of piperidine rings is 1. The fraction of sp³-hybridized carbons (Fsp3) is 0.375. The van der Waals surface area contributed by atoms with E-state index in [0.717, 1.165) is 42.8 Å². The molecule has 7 nitrogen and oxygen atoms in total. The summed E-state index contributed by atoms with van der Waals surface area (Å²) in [5.74, 6) is 2.14. The number of hydrogen-bond acceptors (Lipinski definition) is 6. The summed E-state index contributed by atoms with van der Waals surface area (Å²) >= 11 is 0. The van der Waals surface area contributed by atoms with Crippen LogP contribution < -0.4 is 10.1 Å². The second-order valence-electron chi connectivity index (χ2n) is 7.96. The number of nitrogens with zero attached hydrogens (tertiary/aromatic N) is 3.